The minimum Gasteiger partial charge on any atom is -0.391 e. The summed E-state index contributed by atoms with van der Waals surface area (Å²) in [5, 5.41) is 10.0. The van der Waals surface area contributed by atoms with E-state index in [1.54, 1.807) is 0 Å². The van der Waals surface area contributed by atoms with Crippen LogP contribution in [0.4, 0.5) is 0 Å². The molecule has 0 bridgehead atoms. The van der Waals surface area contributed by atoms with Crippen LogP contribution in [-0.4, -0.2) is 23.9 Å². The highest BCUT2D eigenvalue weighted by Gasteiger charge is 2.38. The molecule has 3 heteroatoms. The molecule has 3 atom stereocenters. The summed E-state index contributed by atoms with van der Waals surface area (Å²) in [6.07, 6.45) is 1.84. The number of nitrogens with one attached hydrogen (secondary N) is 1. The van der Waals surface area contributed by atoms with Gasteiger partial charge in [0.05, 0.1) is 12.2 Å². The second-order valence-corrected chi connectivity index (χ2v) is 4.34. The van der Waals surface area contributed by atoms with E-state index in [1.165, 1.54) is 11.1 Å². The van der Waals surface area contributed by atoms with Crippen molar-refractivity contribution in [2.45, 2.75) is 31.0 Å². The van der Waals surface area contributed by atoms with Gasteiger partial charge in [0.2, 0.25) is 0 Å². The molecule has 2 aliphatic rings. The number of hydrogen-bond acceptors (Lipinski definition) is 3. The number of fused-ring (bicyclic) bond motifs is 3. The standard InChI is InChI=1S/C12H15NO2/c14-10-7-13-15-11-6-5-8-3-1-2-4-9(8)12(10)11/h1-4,10-14H,5-7H2. The highest BCUT2D eigenvalue weighted by Crippen LogP contribution is 2.37. The molecule has 1 aliphatic heterocycles. The molecular weight excluding hydrogens is 190 g/mol. The minimum atomic E-state index is -0.329. The number of hydroxylamine groups is 1. The Morgan fingerprint density at radius 1 is 1.33 bits per heavy atom. The van der Waals surface area contributed by atoms with Crippen LogP contribution in [0.15, 0.2) is 24.3 Å². The second kappa shape index (κ2) is 3.59. The third kappa shape index (κ3) is 1.47. The lowest BCUT2D eigenvalue weighted by atomic mass is 9.77. The summed E-state index contributed by atoms with van der Waals surface area (Å²) < 4.78 is 0. The second-order valence-electron chi connectivity index (χ2n) is 4.34. The zero-order valence-electron chi connectivity index (χ0n) is 8.52. The summed E-state index contributed by atoms with van der Waals surface area (Å²) >= 11 is 0. The first-order valence-corrected chi connectivity index (χ1v) is 5.50. The Morgan fingerprint density at radius 2 is 2.20 bits per heavy atom. The first kappa shape index (κ1) is 9.33. The van der Waals surface area contributed by atoms with E-state index in [0.717, 1.165) is 12.8 Å². The van der Waals surface area contributed by atoms with Crippen molar-refractivity contribution in [2.24, 2.45) is 0 Å². The van der Waals surface area contributed by atoms with Gasteiger partial charge in [0, 0.05) is 12.5 Å². The fourth-order valence-electron chi connectivity index (χ4n) is 2.72. The smallest absolute Gasteiger partial charge is 0.0887 e. The molecule has 1 heterocycles. The Balaban J connectivity index is 2.02. The van der Waals surface area contributed by atoms with E-state index in [0.29, 0.717) is 6.54 Å². The first-order valence-electron chi connectivity index (χ1n) is 5.50. The monoisotopic (exact) mass is 205 g/mol. The van der Waals surface area contributed by atoms with Gasteiger partial charge in [-0.3, -0.25) is 4.84 Å². The molecule has 0 amide bonds. The van der Waals surface area contributed by atoms with Crippen LogP contribution in [0, 0.1) is 0 Å². The number of benzene rings is 1. The highest BCUT2D eigenvalue weighted by molar-refractivity contribution is 5.35. The minimum absolute atomic E-state index is 0.128. The lowest BCUT2D eigenvalue weighted by molar-refractivity contribution is -0.118. The number of aliphatic hydroxyl groups excluding tert-OH is 1. The van der Waals surface area contributed by atoms with Crippen LogP contribution in [-0.2, 0) is 11.3 Å². The van der Waals surface area contributed by atoms with Crippen molar-refractivity contribution in [3.63, 3.8) is 0 Å². The van der Waals surface area contributed by atoms with Gasteiger partial charge in [-0.2, -0.15) is 5.48 Å². The molecule has 1 aromatic carbocycles. The first-order chi connectivity index (χ1) is 7.36. The zero-order chi connectivity index (χ0) is 10.3. The summed E-state index contributed by atoms with van der Waals surface area (Å²) in [5.74, 6) is 0.149. The molecule has 0 aromatic heterocycles. The third-order valence-electron chi connectivity index (χ3n) is 3.45. The van der Waals surface area contributed by atoms with E-state index in [9.17, 15) is 5.11 Å². The van der Waals surface area contributed by atoms with Gasteiger partial charge in [-0.15, -0.1) is 0 Å². The van der Waals surface area contributed by atoms with Crippen LogP contribution in [0.5, 0.6) is 0 Å². The van der Waals surface area contributed by atoms with Gasteiger partial charge >= 0.3 is 0 Å². The average molecular weight is 205 g/mol. The Morgan fingerprint density at radius 3 is 3.13 bits per heavy atom. The molecule has 0 radical (unpaired) electrons. The molecule has 1 aromatic rings. The SMILES string of the molecule is OC1CNOC2CCc3ccccc3C12. The summed E-state index contributed by atoms with van der Waals surface area (Å²) in [7, 11) is 0. The fraction of sp³-hybridized carbons (Fsp3) is 0.500. The van der Waals surface area contributed by atoms with Gasteiger partial charge in [0.15, 0.2) is 0 Å². The van der Waals surface area contributed by atoms with Gasteiger partial charge in [0.1, 0.15) is 0 Å². The van der Waals surface area contributed by atoms with Crippen molar-refractivity contribution in [1.29, 1.82) is 0 Å². The molecule has 15 heavy (non-hydrogen) atoms. The van der Waals surface area contributed by atoms with Crippen LogP contribution in [0.2, 0.25) is 0 Å². The number of hydrogen-bond donors (Lipinski definition) is 2. The van der Waals surface area contributed by atoms with E-state index in [-0.39, 0.29) is 18.1 Å². The number of rotatable bonds is 0. The molecule has 3 unspecified atom stereocenters. The quantitative estimate of drug-likeness (QED) is 0.663. The molecule has 0 spiro atoms. The predicted molar refractivity (Wildman–Crippen MR) is 56.4 cm³/mol. The van der Waals surface area contributed by atoms with Gasteiger partial charge in [-0.25, -0.2) is 0 Å². The van der Waals surface area contributed by atoms with E-state index in [1.807, 2.05) is 6.07 Å². The molecule has 3 nitrogen and oxygen atoms in total. The molecule has 80 valence electrons. The van der Waals surface area contributed by atoms with E-state index >= 15 is 0 Å². The molecule has 1 saturated heterocycles. The van der Waals surface area contributed by atoms with Crippen molar-refractivity contribution in [3.8, 4) is 0 Å². The summed E-state index contributed by atoms with van der Waals surface area (Å²) in [6.45, 7) is 0.523. The van der Waals surface area contributed by atoms with Crippen LogP contribution < -0.4 is 5.48 Å². The summed E-state index contributed by atoms with van der Waals surface area (Å²) in [5.41, 5.74) is 5.45. The summed E-state index contributed by atoms with van der Waals surface area (Å²) in [4.78, 5) is 5.50. The van der Waals surface area contributed by atoms with Crippen molar-refractivity contribution < 1.29 is 9.94 Å². The molecule has 3 rings (SSSR count). The number of aliphatic hydroxyl groups is 1. The maximum atomic E-state index is 10.0. The molecule has 1 fully saturated rings. The molecule has 2 N–H and O–H groups in total. The van der Waals surface area contributed by atoms with Gasteiger partial charge in [-0.05, 0) is 24.0 Å². The maximum absolute atomic E-state index is 10.0. The van der Waals surface area contributed by atoms with Crippen LogP contribution in [0.3, 0.4) is 0 Å². The Bertz CT molecular complexity index is 366. The lowest BCUT2D eigenvalue weighted by Crippen LogP contribution is -2.48. The Kier molecular flexibility index (Phi) is 2.24. The topological polar surface area (TPSA) is 41.5 Å². The Labute approximate surface area is 89.0 Å². The largest absolute Gasteiger partial charge is 0.391 e. The normalized spacial score (nSPS) is 34.3. The predicted octanol–water partition coefficient (Wildman–Crippen LogP) is 0.981. The average Bonchev–Trinajstić information content (AvgIpc) is 2.29. The third-order valence-corrected chi connectivity index (χ3v) is 3.45. The zero-order valence-corrected chi connectivity index (χ0v) is 8.52. The van der Waals surface area contributed by atoms with Crippen LogP contribution >= 0.6 is 0 Å². The van der Waals surface area contributed by atoms with E-state index in [2.05, 4.69) is 23.7 Å². The number of aryl methyl sites for hydroxylation is 1. The van der Waals surface area contributed by atoms with Crippen molar-refractivity contribution in [2.75, 3.05) is 6.54 Å². The van der Waals surface area contributed by atoms with Gasteiger partial charge < -0.3 is 5.11 Å². The van der Waals surface area contributed by atoms with Gasteiger partial charge in [0.25, 0.3) is 0 Å². The van der Waals surface area contributed by atoms with Crippen molar-refractivity contribution in [1.82, 2.24) is 5.48 Å². The van der Waals surface area contributed by atoms with Crippen molar-refractivity contribution >= 4 is 0 Å². The lowest BCUT2D eigenvalue weighted by Gasteiger charge is -2.39. The van der Waals surface area contributed by atoms with E-state index in [4.69, 9.17) is 4.84 Å². The fourth-order valence-corrected chi connectivity index (χ4v) is 2.72. The maximum Gasteiger partial charge on any atom is 0.0887 e. The molecule has 0 saturated carbocycles. The highest BCUT2D eigenvalue weighted by atomic mass is 16.7. The molecular formula is C12H15NO2. The van der Waals surface area contributed by atoms with Crippen LogP contribution in [0.25, 0.3) is 0 Å². The molecule has 1 aliphatic carbocycles. The van der Waals surface area contributed by atoms with E-state index < -0.39 is 0 Å². The number of β-amino-alcohol motifs (C(OH)–C–C–N with tert-alkyl or cyclic N) is 1. The van der Waals surface area contributed by atoms with Crippen molar-refractivity contribution in [3.05, 3.63) is 35.4 Å². The summed E-state index contributed by atoms with van der Waals surface area (Å²) in [6, 6.07) is 8.37. The van der Waals surface area contributed by atoms with Crippen LogP contribution in [0.1, 0.15) is 23.5 Å². The van der Waals surface area contributed by atoms with Gasteiger partial charge in [-0.1, -0.05) is 24.3 Å². The Hall–Kier alpha value is -0.900.